The number of aromatic nitrogens is 1. The number of fused-ring (bicyclic) bond motifs is 1. The van der Waals surface area contributed by atoms with Gasteiger partial charge in [-0.15, -0.1) is 6.58 Å². The molecule has 0 aliphatic heterocycles. The van der Waals surface area contributed by atoms with Gasteiger partial charge >= 0.3 is 15.6 Å². The smallest absolute Gasteiger partial charge is 0.485 e. The van der Waals surface area contributed by atoms with Crippen LogP contribution in [0.3, 0.4) is 0 Å². The summed E-state index contributed by atoms with van der Waals surface area (Å²) in [5, 5.41) is 1.19. The van der Waals surface area contributed by atoms with E-state index >= 15 is 0 Å². The largest absolute Gasteiger partial charge is 0.501 e. The zero-order valence-electron chi connectivity index (χ0n) is 26.2. The highest BCUT2D eigenvalue weighted by molar-refractivity contribution is 8.07. The Bertz CT molecular complexity index is 1070. The van der Waals surface area contributed by atoms with Crippen LogP contribution in [0.25, 0.3) is 10.9 Å². The predicted octanol–water partition coefficient (Wildman–Crippen LogP) is 9.81. The van der Waals surface area contributed by atoms with Crippen LogP contribution in [0.2, 0.25) is 0 Å². The van der Waals surface area contributed by atoms with Crippen molar-refractivity contribution in [1.82, 2.24) is 0 Å². The summed E-state index contributed by atoms with van der Waals surface area (Å²) < 4.78 is 14.2. The maximum atomic E-state index is 6.45. The molecule has 0 bridgehead atoms. The summed E-state index contributed by atoms with van der Waals surface area (Å²) in [7, 11) is 2.09. The molecule has 0 aliphatic rings. The van der Waals surface area contributed by atoms with Crippen LogP contribution in [0.4, 0.5) is 0 Å². The fourth-order valence-electron chi connectivity index (χ4n) is 2.99. The van der Waals surface area contributed by atoms with Gasteiger partial charge in [0.2, 0.25) is 0 Å². The van der Waals surface area contributed by atoms with Gasteiger partial charge in [0.05, 0.1) is 9.85 Å². The van der Waals surface area contributed by atoms with Gasteiger partial charge in [-0.25, -0.2) is 0 Å². The van der Waals surface area contributed by atoms with Crippen molar-refractivity contribution in [3.8, 4) is 5.75 Å². The second-order valence-corrected chi connectivity index (χ2v) is 11.3. The summed E-state index contributed by atoms with van der Waals surface area (Å²) in [6.45, 7) is 29.7. The number of benzene rings is 1. The number of aryl methyl sites for hydroxylation is 2. The first-order valence-electron chi connectivity index (χ1n) is 13.7. The molecule has 1 atom stereocenters. The Morgan fingerprint density at radius 3 is 2.03 bits per heavy atom. The Morgan fingerprint density at radius 1 is 1.00 bits per heavy atom. The number of para-hydroxylation sites is 1. The number of rotatable bonds is 11. The normalized spacial score (nSPS) is 12.5. The molecule has 1 heterocycles. The van der Waals surface area contributed by atoms with E-state index < -0.39 is 0 Å². The lowest BCUT2D eigenvalue weighted by molar-refractivity contribution is -0.651. The molecule has 213 valence electrons. The standard InChI is InChI=1S/C15H19NO.C10H14S.C4H7O.C3H6.C2H6.Al/c1-5-12(3)17-14-8-6-7-13-10-9-11(2)16(4)15(13)14;1-5-9(6-2)11-10(7-3)8-4;1-2-3-4-5;1-3-2;1-2;/h6-10H,5H2,1-4H3;5-8H,1,3H2,2,4H3;2-3H,4H2,1H3;3H,1H2,2H3;1-2H3;/q+1;;-1;;;+1/b;9-6+,10-8+;3-2-;;;. The van der Waals surface area contributed by atoms with Gasteiger partial charge in [0.15, 0.2) is 11.4 Å². The molecule has 1 unspecified atom stereocenters. The van der Waals surface area contributed by atoms with Crippen molar-refractivity contribution in [3.05, 3.63) is 108 Å². The van der Waals surface area contributed by atoms with E-state index in [2.05, 4.69) is 82.5 Å². The van der Waals surface area contributed by atoms with Crippen molar-refractivity contribution in [2.24, 2.45) is 7.05 Å². The fraction of sp³-hybridized carbons (Fsp3) is 0.382. The molecule has 5 heteroatoms. The van der Waals surface area contributed by atoms with E-state index in [1.807, 2.05) is 78.0 Å². The molecule has 0 spiro atoms. The molecule has 1 aromatic heterocycles. The summed E-state index contributed by atoms with van der Waals surface area (Å²) in [6.07, 6.45) is 14.5. The summed E-state index contributed by atoms with van der Waals surface area (Å²) in [5.74, 6) is 0.931. The third-order valence-electron chi connectivity index (χ3n) is 5.41. The Morgan fingerprint density at radius 2 is 1.56 bits per heavy atom. The number of nitrogens with zero attached hydrogens (tertiary/aromatic N) is 1. The third-order valence-corrected chi connectivity index (χ3v) is 8.07. The number of hydrogen-bond acceptors (Lipinski definition) is 3. The first kappa shape index (κ1) is 38.9. The van der Waals surface area contributed by atoms with E-state index in [1.54, 1.807) is 17.8 Å². The highest BCUT2D eigenvalue weighted by Crippen LogP contribution is 2.28. The predicted molar refractivity (Wildman–Crippen MR) is 178 cm³/mol. The van der Waals surface area contributed by atoms with Gasteiger partial charge < -0.3 is 8.53 Å². The van der Waals surface area contributed by atoms with Gasteiger partial charge in [0.25, 0.3) is 5.52 Å². The summed E-state index contributed by atoms with van der Waals surface area (Å²) in [4.78, 5) is 2.33. The van der Waals surface area contributed by atoms with Gasteiger partial charge in [0, 0.05) is 29.4 Å². The SMILES string of the molecule is C/C=C\C[O][Al][C](C)(CC)Oc1cccc2ccc(C)[n+](C)c12.C=C/C(=C\C)S/C(C=C)=C/C.C=CC.CC. The second-order valence-electron chi connectivity index (χ2n) is 8.32. The van der Waals surface area contributed by atoms with Gasteiger partial charge in [-0.1, -0.05) is 94.3 Å². The zero-order chi connectivity index (χ0) is 30.3. The number of allylic oxidation sites excluding steroid dienone is 6. The molecule has 2 rings (SSSR count). The molecule has 0 amide bonds. The van der Waals surface area contributed by atoms with Crippen LogP contribution in [0.15, 0.2) is 102 Å². The molecule has 2 aromatic rings. The molecule has 0 aliphatic carbocycles. The monoisotopic (exact) mass is 565 g/mol. The highest BCUT2D eigenvalue weighted by Gasteiger charge is 2.30. The Balaban J connectivity index is 0. The van der Waals surface area contributed by atoms with Gasteiger partial charge in [-0.3, -0.25) is 0 Å². The lowest BCUT2D eigenvalue weighted by atomic mass is 10.1. The van der Waals surface area contributed by atoms with E-state index in [4.69, 9.17) is 8.53 Å². The van der Waals surface area contributed by atoms with Crippen LogP contribution in [0.5, 0.6) is 5.75 Å². The van der Waals surface area contributed by atoms with Crippen LogP contribution >= 0.6 is 11.8 Å². The molecular formula is C34H52AlNO2S+. The van der Waals surface area contributed by atoms with Crippen molar-refractivity contribution in [1.29, 1.82) is 0 Å². The van der Waals surface area contributed by atoms with Gasteiger partial charge in [-0.05, 0) is 59.2 Å². The zero-order valence-corrected chi connectivity index (χ0v) is 28.2. The number of ether oxygens (including phenoxy) is 1. The molecule has 0 saturated heterocycles. The van der Waals surface area contributed by atoms with Gasteiger partial charge in [-0.2, -0.15) is 4.57 Å². The Kier molecular flexibility index (Phi) is 23.5. The number of pyridine rings is 1. The second kappa shape index (κ2) is 23.6. The van der Waals surface area contributed by atoms with E-state index in [9.17, 15) is 0 Å². The number of thioether (sulfide) groups is 1. The number of hydrogen-bond donors (Lipinski definition) is 0. The average molecular weight is 566 g/mol. The lowest BCUT2D eigenvalue weighted by Gasteiger charge is -2.28. The van der Waals surface area contributed by atoms with Crippen molar-refractivity contribution >= 4 is 38.2 Å². The molecule has 39 heavy (non-hydrogen) atoms. The molecule has 0 saturated carbocycles. The maximum absolute atomic E-state index is 6.45. The van der Waals surface area contributed by atoms with Crippen LogP contribution in [0, 0.1) is 6.92 Å². The molecule has 1 aromatic carbocycles. The molecule has 0 N–H and O–H groups in total. The minimum absolute atomic E-state index is 0.256. The van der Waals surface area contributed by atoms with E-state index in [0.29, 0.717) is 6.61 Å². The highest BCUT2D eigenvalue weighted by atomic mass is 32.2. The topological polar surface area (TPSA) is 22.3 Å². The minimum Gasteiger partial charge on any atom is -0.501 e. The Hall–Kier alpha value is -2.29. The summed E-state index contributed by atoms with van der Waals surface area (Å²) in [5.41, 5.74) is 2.35. The Labute approximate surface area is 251 Å². The maximum Gasteiger partial charge on any atom is 0.485 e. The first-order chi connectivity index (χ1) is 18.7. The quantitative estimate of drug-likeness (QED) is 0.0890. The van der Waals surface area contributed by atoms with Crippen LogP contribution < -0.4 is 9.30 Å². The molecular weight excluding hydrogens is 513 g/mol. The van der Waals surface area contributed by atoms with Crippen molar-refractivity contribution in [2.45, 2.75) is 73.2 Å². The van der Waals surface area contributed by atoms with Gasteiger partial charge in [0.1, 0.15) is 7.05 Å². The third kappa shape index (κ3) is 15.2. The van der Waals surface area contributed by atoms with Crippen molar-refractivity contribution in [3.63, 3.8) is 0 Å². The van der Waals surface area contributed by atoms with E-state index in [1.165, 1.54) is 11.1 Å². The van der Waals surface area contributed by atoms with Crippen molar-refractivity contribution in [2.75, 3.05) is 6.61 Å². The lowest BCUT2D eigenvalue weighted by Crippen LogP contribution is -2.41. The summed E-state index contributed by atoms with van der Waals surface area (Å²) >= 11 is 1.42. The van der Waals surface area contributed by atoms with Crippen LogP contribution in [0.1, 0.15) is 67.5 Å². The van der Waals surface area contributed by atoms with Crippen LogP contribution in [-0.2, 0) is 10.8 Å². The molecule has 1 radical (unpaired) electrons. The first-order valence-corrected chi connectivity index (χ1v) is 15.5. The fourth-order valence-corrected chi connectivity index (χ4v) is 4.57. The van der Waals surface area contributed by atoms with Crippen LogP contribution in [-0.4, -0.2) is 26.6 Å². The van der Waals surface area contributed by atoms with E-state index in [-0.39, 0.29) is 20.0 Å². The average Bonchev–Trinajstić information content (AvgIpc) is 2.96. The van der Waals surface area contributed by atoms with E-state index in [0.717, 1.165) is 27.5 Å². The summed E-state index contributed by atoms with van der Waals surface area (Å²) in [6, 6.07) is 10.5. The molecule has 3 nitrogen and oxygen atoms in total. The van der Waals surface area contributed by atoms with Crippen molar-refractivity contribution < 1.29 is 13.1 Å². The molecule has 0 fully saturated rings. The minimum atomic E-state index is -0.257.